The molecule has 6 heteroatoms. The Morgan fingerprint density at radius 1 is 1.56 bits per heavy atom. The monoisotopic (exact) mass is 358 g/mol. The summed E-state index contributed by atoms with van der Waals surface area (Å²) in [6.07, 6.45) is -0.163. The zero-order chi connectivity index (χ0) is 12.3. The molecular formula is C10H16Br2O4. The highest BCUT2D eigenvalue weighted by molar-refractivity contribution is 9.12. The van der Waals surface area contributed by atoms with Crippen molar-refractivity contribution in [3.8, 4) is 0 Å². The Bertz CT molecular complexity index is 257. The third-order valence-electron chi connectivity index (χ3n) is 2.18. The first-order valence-electron chi connectivity index (χ1n) is 5.14. The van der Waals surface area contributed by atoms with Crippen LogP contribution in [0.5, 0.6) is 0 Å². The smallest absolute Gasteiger partial charge is 0.320 e. The van der Waals surface area contributed by atoms with Crippen LogP contribution in [0.4, 0.5) is 0 Å². The SMILES string of the molecule is CCOC(=O)C(Br)C(Br)[C@H]1COC(C)(C)O1. The molecular weight excluding hydrogens is 344 g/mol. The Morgan fingerprint density at radius 2 is 2.19 bits per heavy atom. The molecule has 4 nitrogen and oxygen atoms in total. The van der Waals surface area contributed by atoms with E-state index in [1.54, 1.807) is 6.92 Å². The number of ether oxygens (including phenoxy) is 3. The van der Waals surface area contributed by atoms with E-state index in [2.05, 4.69) is 31.9 Å². The van der Waals surface area contributed by atoms with E-state index in [0.717, 1.165) is 0 Å². The van der Waals surface area contributed by atoms with Gasteiger partial charge in [-0.3, -0.25) is 4.79 Å². The lowest BCUT2D eigenvalue weighted by atomic mass is 10.2. The molecule has 94 valence electrons. The van der Waals surface area contributed by atoms with E-state index in [1.807, 2.05) is 13.8 Å². The predicted molar refractivity (Wildman–Crippen MR) is 67.0 cm³/mol. The molecule has 0 aromatic carbocycles. The number of halogens is 2. The van der Waals surface area contributed by atoms with Gasteiger partial charge in [-0.2, -0.15) is 0 Å². The molecule has 0 aliphatic carbocycles. The molecule has 0 aromatic rings. The number of rotatable bonds is 4. The summed E-state index contributed by atoms with van der Waals surface area (Å²) in [7, 11) is 0. The molecule has 3 atom stereocenters. The fraction of sp³-hybridized carbons (Fsp3) is 0.900. The number of esters is 1. The fourth-order valence-corrected chi connectivity index (χ4v) is 2.36. The van der Waals surface area contributed by atoms with E-state index in [0.29, 0.717) is 13.2 Å². The zero-order valence-electron chi connectivity index (χ0n) is 9.54. The van der Waals surface area contributed by atoms with Crippen LogP contribution in [-0.2, 0) is 19.0 Å². The van der Waals surface area contributed by atoms with E-state index in [1.165, 1.54) is 0 Å². The summed E-state index contributed by atoms with van der Waals surface area (Å²) in [5.74, 6) is -0.879. The van der Waals surface area contributed by atoms with E-state index >= 15 is 0 Å². The van der Waals surface area contributed by atoms with Crippen molar-refractivity contribution >= 4 is 37.8 Å². The first-order chi connectivity index (χ1) is 7.37. The van der Waals surface area contributed by atoms with Crippen LogP contribution < -0.4 is 0 Å². The van der Waals surface area contributed by atoms with Crippen LogP contribution in [0.25, 0.3) is 0 Å². The van der Waals surface area contributed by atoms with Crippen molar-refractivity contribution in [2.75, 3.05) is 13.2 Å². The topological polar surface area (TPSA) is 44.8 Å². The van der Waals surface area contributed by atoms with E-state index in [9.17, 15) is 4.79 Å². The van der Waals surface area contributed by atoms with Crippen molar-refractivity contribution in [3.63, 3.8) is 0 Å². The van der Waals surface area contributed by atoms with Gasteiger partial charge in [0.2, 0.25) is 0 Å². The van der Waals surface area contributed by atoms with Gasteiger partial charge >= 0.3 is 5.97 Å². The molecule has 16 heavy (non-hydrogen) atoms. The summed E-state index contributed by atoms with van der Waals surface area (Å²) in [6.45, 7) is 6.30. The summed E-state index contributed by atoms with van der Waals surface area (Å²) < 4.78 is 16.0. The van der Waals surface area contributed by atoms with Crippen molar-refractivity contribution in [1.29, 1.82) is 0 Å². The number of carbonyl (C=O) groups is 1. The Hall–Kier alpha value is 0.350. The molecule has 2 unspecified atom stereocenters. The van der Waals surface area contributed by atoms with Crippen LogP contribution in [0.2, 0.25) is 0 Å². The summed E-state index contributed by atoms with van der Waals surface area (Å²) in [6, 6.07) is 0. The van der Waals surface area contributed by atoms with Gasteiger partial charge in [-0.1, -0.05) is 31.9 Å². The summed E-state index contributed by atoms with van der Waals surface area (Å²) in [5.41, 5.74) is 0. The predicted octanol–water partition coefficient (Wildman–Crippen LogP) is 2.23. The Morgan fingerprint density at radius 3 is 2.62 bits per heavy atom. The maximum atomic E-state index is 11.5. The highest BCUT2D eigenvalue weighted by Gasteiger charge is 2.41. The first-order valence-corrected chi connectivity index (χ1v) is 6.97. The van der Waals surface area contributed by atoms with Crippen LogP contribution >= 0.6 is 31.9 Å². The number of hydrogen-bond acceptors (Lipinski definition) is 4. The van der Waals surface area contributed by atoms with Crippen molar-refractivity contribution in [3.05, 3.63) is 0 Å². The molecule has 1 fully saturated rings. The standard InChI is InChI=1S/C10H16Br2O4/c1-4-14-9(13)8(12)7(11)6-5-15-10(2,3)16-6/h6-8H,4-5H2,1-3H3/t6-,7?,8?/m1/s1. The average Bonchev–Trinajstić information content (AvgIpc) is 2.57. The molecule has 0 radical (unpaired) electrons. The van der Waals surface area contributed by atoms with Crippen molar-refractivity contribution in [2.45, 2.75) is 42.3 Å². The van der Waals surface area contributed by atoms with Crippen molar-refractivity contribution in [2.24, 2.45) is 0 Å². The summed E-state index contributed by atoms with van der Waals surface area (Å²) in [4.78, 5) is 10.9. The Kier molecular flexibility index (Phi) is 5.22. The largest absolute Gasteiger partial charge is 0.465 e. The van der Waals surface area contributed by atoms with E-state index < -0.39 is 10.6 Å². The molecule has 0 amide bonds. The lowest BCUT2D eigenvalue weighted by molar-refractivity contribution is -0.146. The second kappa shape index (κ2) is 5.80. The van der Waals surface area contributed by atoms with Gasteiger partial charge in [-0.15, -0.1) is 0 Å². The van der Waals surface area contributed by atoms with Crippen molar-refractivity contribution < 1.29 is 19.0 Å². The molecule has 0 aromatic heterocycles. The van der Waals surface area contributed by atoms with Crippen LogP contribution in [0.3, 0.4) is 0 Å². The van der Waals surface area contributed by atoms with E-state index in [4.69, 9.17) is 14.2 Å². The quantitative estimate of drug-likeness (QED) is 0.570. The lowest BCUT2D eigenvalue weighted by Gasteiger charge is -2.22. The normalized spacial score (nSPS) is 27.4. The molecule has 1 heterocycles. The fourth-order valence-electron chi connectivity index (χ4n) is 1.41. The molecule has 0 N–H and O–H groups in total. The first kappa shape index (κ1) is 14.4. The van der Waals surface area contributed by atoms with Gasteiger partial charge in [0.15, 0.2) is 5.79 Å². The maximum absolute atomic E-state index is 11.5. The minimum atomic E-state index is -0.585. The van der Waals surface area contributed by atoms with Gasteiger partial charge in [0, 0.05) is 0 Å². The van der Waals surface area contributed by atoms with Crippen LogP contribution in [0.1, 0.15) is 20.8 Å². The van der Waals surface area contributed by atoms with Crippen LogP contribution in [0, 0.1) is 0 Å². The van der Waals surface area contributed by atoms with Gasteiger partial charge in [-0.25, -0.2) is 0 Å². The number of alkyl halides is 2. The average molecular weight is 360 g/mol. The summed E-state index contributed by atoms with van der Waals surface area (Å²) in [5, 5.41) is 0. The molecule has 1 aliphatic heterocycles. The minimum absolute atomic E-state index is 0.163. The van der Waals surface area contributed by atoms with Crippen LogP contribution in [0.15, 0.2) is 0 Å². The molecule has 1 aliphatic rings. The number of carbonyl (C=O) groups excluding carboxylic acids is 1. The van der Waals surface area contributed by atoms with Gasteiger partial charge in [0.05, 0.1) is 24.1 Å². The van der Waals surface area contributed by atoms with Crippen molar-refractivity contribution in [1.82, 2.24) is 0 Å². The molecule has 1 saturated heterocycles. The molecule has 0 spiro atoms. The lowest BCUT2D eigenvalue weighted by Crippen LogP contribution is -2.37. The highest BCUT2D eigenvalue weighted by Crippen LogP contribution is 2.30. The minimum Gasteiger partial charge on any atom is -0.465 e. The van der Waals surface area contributed by atoms with Gasteiger partial charge in [0.1, 0.15) is 4.83 Å². The third kappa shape index (κ3) is 3.68. The number of hydrogen-bond donors (Lipinski definition) is 0. The summed E-state index contributed by atoms with van der Waals surface area (Å²) >= 11 is 6.74. The Labute approximate surface area is 112 Å². The van der Waals surface area contributed by atoms with E-state index in [-0.39, 0.29) is 16.9 Å². The second-order valence-electron chi connectivity index (χ2n) is 3.97. The molecule has 1 rings (SSSR count). The Balaban J connectivity index is 2.51. The van der Waals surface area contributed by atoms with Gasteiger partial charge in [-0.05, 0) is 20.8 Å². The van der Waals surface area contributed by atoms with Crippen LogP contribution in [-0.4, -0.2) is 40.7 Å². The maximum Gasteiger partial charge on any atom is 0.320 e. The van der Waals surface area contributed by atoms with Gasteiger partial charge in [0.25, 0.3) is 0 Å². The van der Waals surface area contributed by atoms with Gasteiger partial charge < -0.3 is 14.2 Å². The zero-order valence-corrected chi connectivity index (χ0v) is 12.7. The third-order valence-corrected chi connectivity index (χ3v) is 4.95. The molecule has 0 saturated carbocycles. The second-order valence-corrected chi connectivity index (χ2v) is 6.01. The highest BCUT2D eigenvalue weighted by atomic mass is 79.9. The molecule has 0 bridgehead atoms.